The average Bonchev–Trinajstić information content (AvgIpc) is 3.38. The molecule has 1 aliphatic carbocycles. The SMILES string of the molecule is O=C(NCCc1nc(C2CC2)cc(C(F)(F)F)n1)c1cccc(Cl)c1. The van der Waals surface area contributed by atoms with Crippen LogP contribution in [0.5, 0.6) is 0 Å². The fourth-order valence-corrected chi connectivity index (χ4v) is 2.57. The largest absolute Gasteiger partial charge is 0.433 e. The number of alkyl halides is 3. The zero-order valence-corrected chi connectivity index (χ0v) is 13.9. The smallest absolute Gasteiger partial charge is 0.352 e. The molecule has 1 heterocycles. The number of hydrogen-bond donors (Lipinski definition) is 1. The van der Waals surface area contributed by atoms with Gasteiger partial charge in [-0.2, -0.15) is 13.2 Å². The molecule has 8 heteroatoms. The Morgan fingerprint density at radius 2 is 2.00 bits per heavy atom. The molecule has 1 aliphatic rings. The lowest BCUT2D eigenvalue weighted by Crippen LogP contribution is -2.26. The number of carbonyl (C=O) groups is 1. The van der Waals surface area contributed by atoms with Crippen molar-refractivity contribution >= 4 is 17.5 Å². The highest BCUT2D eigenvalue weighted by molar-refractivity contribution is 6.30. The number of rotatable bonds is 5. The molecule has 1 saturated carbocycles. The molecule has 4 nitrogen and oxygen atoms in total. The third kappa shape index (κ3) is 4.69. The van der Waals surface area contributed by atoms with Gasteiger partial charge in [0.25, 0.3) is 5.91 Å². The predicted molar refractivity (Wildman–Crippen MR) is 86.5 cm³/mol. The molecule has 0 aliphatic heterocycles. The monoisotopic (exact) mass is 369 g/mol. The van der Waals surface area contributed by atoms with E-state index >= 15 is 0 Å². The predicted octanol–water partition coefficient (Wildman–Crippen LogP) is 4.00. The second kappa shape index (κ2) is 7.00. The van der Waals surface area contributed by atoms with Crippen molar-refractivity contribution in [3.8, 4) is 0 Å². The van der Waals surface area contributed by atoms with E-state index in [-0.39, 0.29) is 30.6 Å². The van der Waals surface area contributed by atoms with Crippen molar-refractivity contribution in [1.29, 1.82) is 0 Å². The number of amides is 1. The van der Waals surface area contributed by atoms with Gasteiger partial charge < -0.3 is 5.32 Å². The van der Waals surface area contributed by atoms with E-state index in [1.807, 2.05) is 0 Å². The lowest BCUT2D eigenvalue weighted by Gasteiger charge is -2.11. The molecule has 0 atom stereocenters. The van der Waals surface area contributed by atoms with Crippen molar-refractivity contribution in [3.05, 3.63) is 58.1 Å². The van der Waals surface area contributed by atoms with Crippen LogP contribution >= 0.6 is 11.6 Å². The van der Waals surface area contributed by atoms with E-state index in [4.69, 9.17) is 11.6 Å². The van der Waals surface area contributed by atoms with E-state index in [1.54, 1.807) is 18.2 Å². The summed E-state index contributed by atoms with van der Waals surface area (Å²) in [7, 11) is 0. The highest BCUT2D eigenvalue weighted by atomic mass is 35.5. The first-order valence-electron chi connectivity index (χ1n) is 7.82. The summed E-state index contributed by atoms with van der Waals surface area (Å²) < 4.78 is 38.9. The molecule has 25 heavy (non-hydrogen) atoms. The maximum Gasteiger partial charge on any atom is 0.433 e. The van der Waals surface area contributed by atoms with Gasteiger partial charge >= 0.3 is 6.18 Å². The van der Waals surface area contributed by atoms with Crippen molar-refractivity contribution in [2.75, 3.05) is 6.54 Å². The summed E-state index contributed by atoms with van der Waals surface area (Å²) in [6.45, 7) is 0.136. The number of aromatic nitrogens is 2. The summed E-state index contributed by atoms with van der Waals surface area (Å²) in [5, 5.41) is 3.07. The molecule has 132 valence electrons. The summed E-state index contributed by atoms with van der Waals surface area (Å²) in [4.78, 5) is 19.8. The van der Waals surface area contributed by atoms with Crippen molar-refractivity contribution in [1.82, 2.24) is 15.3 Å². The molecule has 0 radical (unpaired) electrons. The number of hydrogen-bond acceptors (Lipinski definition) is 3. The molecule has 1 fully saturated rings. The van der Waals surface area contributed by atoms with Crippen LogP contribution in [-0.4, -0.2) is 22.4 Å². The topological polar surface area (TPSA) is 54.9 Å². The van der Waals surface area contributed by atoms with Crippen LogP contribution < -0.4 is 5.32 Å². The van der Waals surface area contributed by atoms with Crippen LogP contribution in [0, 0.1) is 0 Å². The van der Waals surface area contributed by atoms with Gasteiger partial charge in [-0.3, -0.25) is 4.79 Å². The Labute approximate surface area is 147 Å². The minimum absolute atomic E-state index is 0.0862. The first kappa shape index (κ1) is 17.7. The fraction of sp³-hybridized carbons (Fsp3) is 0.353. The lowest BCUT2D eigenvalue weighted by molar-refractivity contribution is -0.141. The Kier molecular flexibility index (Phi) is 4.94. The minimum Gasteiger partial charge on any atom is -0.352 e. The van der Waals surface area contributed by atoms with E-state index in [0.29, 0.717) is 16.3 Å². The van der Waals surface area contributed by atoms with Crippen molar-refractivity contribution < 1.29 is 18.0 Å². The summed E-state index contributed by atoms with van der Waals surface area (Å²) in [6, 6.07) is 7.44. The fourth-order valence-electron chi connectivity index (χ4n) is 2.38. The lowest BCUT2D eigenvalue weighted by atomic mass is 10.2. The van der Waals surface area contributed by atoms with E-state index in [1.165, 1.54) is 6.07 Å². The molecule has 1 amide bonds. The van der Waals surface area contributed by atoms with Crippen molar-refractivity contribution in [2.24, 2.45) is 0 Å². The van der Waals surface area contributed by atoms with Crippen LogP contribution in [0.4, 0.5) is 13.2 Å². The normalized spacial score (nSPS) is 14.4. The molecule has 1 aromatic heterocycles. The molecule has 0 spiro atoms. The van der Waals surface area contributed by atoms with Gasteiger partial charge in [0.05, 0.1) is 0 Å². The van der Waals surface area contributed by atoms with Crippen LogP contribution in [-0.2, 0) is 12.6 Å². The standard InChI is InChI=1S/C17H15ClF3N3O/c18-12-3-1-2-11(8-12)16(25)22-7-6-15-23-13(10-4-5-10)9-14(24-15)17(19,20)21/h1-3,8-10H,4-7H2,(H,22,25). The van der Waals surface area contributed by atoms with Crippen LogP contribution in [0.25, 0.3) is 0 Å². The number of halogens is 4. The van der Waals surface area contributed by atoms with E-state index in [0.717, 1.165) is 18.9 Å². The maximum absolute atomic E-state index is 13.0. The molecular weight excluding hydrogens is 355 g/mol. The number of carbonyl (C=O) groups excluding carboxylic acids is 1. The zero-order valence-electron chi connectivity index (χ0n) is 13.1. The van der Waals surface area contributed by atoms with Crippen molar-refractivity contribution in [2.45, 2.75) is 31.4 Å². The Morgan fingerprint density at radius 1 is 1.24 bits per heavy atom. The summed E-state index contributed by atoms with van der Waals surface area (Å²) >= 11 is 5.83. The first-order chi connectivity index (χ1) is 11.8. The van der Waals surface area contributed by atoms with E-state index in [2.05, 4.69) is 15.3 Å². The third-order valence-corrected chi connectivity index (χ3v) is 4.03. The molecule has 0 unspecified atom stereocenters. The minimum atomic E-state index is -4.51. The Balaban J connectivity index is 1.66. The van der Waals surface area contributed by atoms with Crippen LogP contribution in [0.3, 0.4) is 0 Å². The molecule has 2 aromatic rings. The Morgan fingerprint density at radius 3 is 2.64 bits per heavy atom. The van der Waals surface area contributed by atoms with Gasteiger partial charge in [-0.15, -0.1) is 0 Å². The second-order valence-electron chi connectivity index (χ2n) is 5.88. The third-order valence-electron chi connectivity index (χ3n) is 3.80. The summed E-state index contributed by atoms with van der Waals surface area (Å²) in [5.41, 5.74) is -0.116. The Hall–Kier alpha value is -2.15. The molecular formula is C17H15ClF3N3O. The number of nitrogens with zero attached hydrogens (tertiary/aromatic N) is 2. The first-order valence-corrected chi connectivity index (χ1v) is 8.19. The number of nitrogens with one attached hydrogen (secondary N) is 1. The molecule has 0 bridgehead atoms. The Bertz CT molecular complexity index is 791. The summed E-state index contributed by atoms with van der Waals surface area (Å²) in [5.74, 6) is -0.177. The van der Waals surface area contributed by atoms with Gasteiger partial charge in [0, 0.05) is 35.2 Å². The average molecular weight is 370 g/mol. The molecule has 3 rings (SSSR count). The van der Waals surface area contributed by atoms with Crippen LogP contribution in [0.15, 0.2) is 30.3 Å². The van der Waals surface area contributed by atoms with Gasteiger partial charge in [0.1, 0.15) is 11.5 Å². The summed E-state index contributed by atoms with van der Waals surface area (Å²) in [6.07, 6.45) is -2.69. The quantitative estimate of drug-likeness (QED) is 0.866. The van der Waals surface area contributed by atoms with Gasteiger partial charge in [-0.25, -0.2) is 9.97 Å². The van der Waals surface area contributed by atoms with Crippen LogP contribution in [0.2, 0.25) is 5.02 Å². The molecule has 1 aromatic carbocycles. The van der Waals surface area contributed by atoms with Crippen LogP contribution in [0.1, 0.15) is 46.3 Å². The highest BCUT2D eigenvalue weighted by Gasteiger charge is 2.35. The molecule has 1 N–H and O–H groups in total. The van der Waals surface area contributed by atoms with Crippen molar-refractivity contribution in [3.63, 3.8) is 0 Å². The van der Waals surface area contributed by atoms with Gasteiger partial charge in [-0.05, 0) is 37.1 Å². The van der Waals surface area contributed by atoms with E-state index < -0.39 is 11.9 Å². The van der Waals surface area contributed by atoms with Gasteiger partial charge in [0.2, 0.25) is 0 Å². The second-order valence-corrected chi connectivity index (χ2v) is 6.32. The van der Waals surface area contributed by atoms with Gasteiger partial charge in [-0.1, -0.05) is 17.7 Å². The molecule has 0 saturated heterocycles. The maximum atomic E-state index is 13.0. The number of benzene rings is 1. The van der Waals surface area contributed by atoms with E-state index in [9.17, 15) is 18.0 Å². The zero-order chi connectivity index (χ0) is 18.0. The highest BCUT2D eigenvalue weighted by Crippen LogP contribution is 2.40. The van der Waals surface area contributed by atoms with Gasteiger partial charge in [0.15, 0.2) is 0 Å².